The summed E-state index contributed by atoms with van der Waals surface area (Å²) in [6.45, 7) is 3.38. The van der Waals surface area contributed by atoms with Crippen molar-refractivity contribution in [2.45, 2.75) is 13.0 Å². The van der Waals surface area contributed by atoms with Gasteiger partial charge in [-0.25, -0.2) is 4.98 Å². The number of rotatable bonds is 7. The summed E-state index contributed by atoms with van der Waals surface area (Å²) in [5.41, 5.74) is 0.804. The van der Waals surface area contributed by atoms with Crippen LogP contribution in [0.1, 0.15) is 18.6 Å². The zero-order valence-corrected chi connectivity index (χ0v) is 10.3. The Morgan fingerprint density at radius 3 is 2.71 bits per heavy atom. The van der Waals surface area contributed by atoms with Gasteiger partial charge in [0.05, 0.1) is 25.9 Å². The molecule has 5 heteroatoms. The van der Waals surface area contributed by atoms with E-state index in [1.807, 2.05) is 24.1 Å². The fourth-order valence-corrected chi connectivity index (χ4v) is 1.35. The van der Waals surface area contributed by atoms with E-state index in [0.29, 0.717) is 19.8 Å². The molecule has 0 radical (unpaired) electrons. The Labute approximate surface area is 102 Å². The summed E-state index contributed by atoms with van der Waals surface area (Å²) >= 11 is 0. The molecule has 0 fully saturated rings. The molecule has 5 nitrogen and oxygen atoms in total. The number of hydrogen-bond acceptors (Lipinski definition) is 5. The molecule has 1 heterocycles. The van der Waals surface area contributed by atoms with Crippen molar-refractivity contribution in [3.05, 3.63) is 23.9 Å². The van der Waals surface area contributed by atoms with Crippen molar-refractivity contribution in [3.8, 4) is 0 Å². The highest BCUT2D eigenvalue weighted by molar-refractivity contribution is 5.38. The van der Waals surface area contributed by atoms with Gasteiger partial charge in [0.1, 0.15) is 5.82 Å². The quantitative estimate of drug-likeness (QED) is 0.682. The highest BCUT2D eigenvalue weighted by Gasteiger charge is 2.04. The monoisotopic (exact) mass is 240 g/mol. The van der Waals surface area contributed by atoms with E-state index in [9.17, 15) is 5.11 Å². The second-order valence-electron chi connectivity index (χ2n) is 3.88. The molecular weight excluding hydrogens is 220 g/mol. The molecule has 0 saturated heterocycles. The van der Waals surface area contributed by atoms with Crippen LogP contribution in [-0.2, 0) is 4.74 Å². The number of aliphatic hydroxyl groups excluding tert-OH is 2. The van der Waals surface area contributed by atoms with Gasteiger partial charge in [-0.15, -0.1) is 0 Å². The Kier molecular flexibility index (Phi) is 5.90. The van der Waals surface area contributed by atoms with Crippen LogP contribution < -0.4 is 4.90 Å². The van der Waals surface area contributed by atoms with Crippen molar-refractivity contribution in [2.24, 2.45) is 0 Å². The third-order valence-corrected chi connectivity index (χ3v) is 2.45. The summed E-state index contributed by atoms with van der Waals surface area (Å²) in [5, 5.41) is 17.9. The number of likely N-dealkylation sites (N-methyl/N-ethyl adjacent to an activating group) is 1. The Bertz CT molecular complexity index is 314. The van der Waals surface area contributed by atoms with Crippen molar-refractivity contribution >= 4 is 5.82 Å². The first kappa shape index (κ1) is 13.9. The zero-order valence-electron chi connectivity index (χ0n) is 10.3. The molecule has 17 heavy (non-hydrogen) atoms. The van der Waals surface area contributed by atoms with Gasteiger partial charge in [-0.3, -0.25) is 0 Å². The van der Waals surface area contributed by atoms with Crippen molar-refractivity contribution in [1.82, 2.24) is 4.98 Å². The molecule has 1 atom stereocenters. The summed E-state index contributed by atoms with van der Waals surface area (Å²) in [7, 11) is 1.92. The van der Waals surface area contributed by atoms with Crippen LogP contribution in [0.2, 0.25) is 0 Å². The van der Waals surface area contributed by atoms with Gasteiger partial charge in [0.25, 0.3) is 0 Å². The maximum absolute atomic E-state index is 9.36. The summed E-state index contributed by atoms with van der Waals surface area (Å²) in [5.74, 6) is 0.835. The van der Waals surface area contributed by atoms with Gasteiger partial charge in [0.15, 0.2) is 0 Å². The highest BCUT2D eigenvalue weighted by Crippen LogP contribution is 2.14. The van der Waals surface area contributed by atoms with Gasteiger partial charge < -0.3 is 19.8 Å². The van der Waals surface area contributed by atoms with E-state index in [4.69, 9.17) is 9.84 Å². The van der Waals surface area contributed by atoms with E-state index in [0.717, 1.165) is 11.4 Å². The third-order valence-electron chi connectivity index (χ3n) is 2.45. The van der Waals surface area contributed by atoms with Crippen molar-refractivity contribution in [1.29, 1.82) is 0 Å². The molecule has 1 unspecified atom stereocenters. The van der Waals surface area contributed by atoms with Crippen LogP contribution in [0.4, 0.5) is 5.82 Å². The van der Waals surface area contributed by atoms with Gasteiger partial charge in [-0.05, 0) is 18.6 Å². The Balaban J connectivity index is 2.43. The van der Waals surface area contributed by atoms with Crippen LogP contribution in [0, 0.1) is 0 Å². The standard InChI is InChI=1S/C12H20N2O3/c1-10(16)11-3-4-12(13-9-11)14(2)5-7-17-8-6-15/h3-4,9-10,15-16H,5-8H2,1-2H3. The molecule has 1 aromatic rings. The van der Waals surface area contributed by atoms with Crippen LogP contribution in [-0.4, -0.2) is 48.6 Å². The molecule has 96 valence electrons. The van der Waals surface area contributed by atoms with Crippen molar-refractivity contribution in [2.75, 3.05) is 38.3 Å². The lowest BCUT2D eigenvalue weighted by atomic mass is 10.2. The van der Waals surface area contributed by atoms with Crippen molar-refractivity contribution in [3.63, 3.8) is 0 Å². The maximum atomic E-state index is 9.36. The van der Waals surface area contributed by atoms with Crippen molar-refractivity contribution < 1.29 is 14.9 Å². The lowest BCUT2D eigenvalue weighted by Crippen LogP contribution is -2.24. The average Bonchev–Trinajstić information content (AvgIpc) is 2.34. The molecule has 0 spiro atoms. The first-order chi connectivity index (χ1) is 8.15. The molecule has 0 aliphatic rings. The van der Waals surface area contributed by atoms with Crippen LogP contribution in [0.25, 0.3) is 0 Å². The van der Waals surface area contributed by atoms with Crippen LogP contribution in [0.15, 0.2) is 18.3 Å². The lowest BCUT2D eigenvalue weighted by Gasteiger charge is -2.18. The summed E-state index contributed by atoms with van der Waals surface area (Å²) in [6, 6.07) is 3.73. The number of aromatic nitrogens is 1. The minimum atomic E-state index is -0.491. The van der Waals surface area contributed by atoms with Crippen LogP contribution >= 0.6 is 0 Å². The van der Waals surface area contributed by atoms with Crippen LogP contribution in [0.3, 0.4) is 0 Å². The number of pyridine rings is 1. The summed E-state index contributed by atoms with van der Waals surface area (Å²) < 4.78 is 5.18. The van der Waals surface area contributed by atoms with E-state index < -0.39 is 6.10 Å². The SMILES string of the molecule is CC(O)c1ccc(N(C)CCOCCO)nc1. The maximum Gasteiger partial charge on any atom is 0.128 e. The minimum Gasteiger partial charge on any atom is -0.394 e. The summed E-state index contributed by atoms with van der Waals surface area (Å²) in [4.78, 5) is 6.22. The second-order valence-corrected chi connectivity index (χ2v) is 3.88. The van der Waals surface area contributed by atoms with Gasteiger partial charge in [-0.2, -0.15) is 0 Å². The third kappa shape index (κ3) is 4.68. The Hall–Kier alpha value is -1.17. The predicted octanol–water partition coefficient (Wildman–Crippen LogP) is 0.580. The number of nitrogens with zero attached hydrogens (tertiary/aromatic N) is 2. The zero-order chi connectivity index (χ0) is 12.7. The van der Waals surface area contributed by atoms with E-state index in [1.54, 1.807) is 13.1 Å². The Morgan fingerprint density at radius 1 is 1.41 bits per heavy atom. The second kappa shape index (κ2) is 7.21. The molecule has 1 aromatic heterocycles. The van der Waals surface area contributed by atoms with E-state index >= 15 is 0 Å². The lowest BCUT2D eigenvalue weighted by molar-refractivity contribution is 0.0970. The highest BCUT2D eigenvalue weighted by atomic mass is 16.5. The smallest absolute Gasteiger partial charge is 0.128 e. The fraction of sp³-hybridized carbons (Fsp3) is 0.583. The average molecular weight is 240 g/mol. The molecule has 0 aromatic carbocycles. The number of aliphatic hydroxyl groups is 2. The first-order valence-electron chi connectivity index (χ1n) is 5.69. The molecule has 0 aliphatic heterocycles. The minimum absolute atomic E-state index is 0.0467. The normalized spacial score (nSPS) is 12.5. The molecule has 0 bridgehead atoms. The molecule has 0 saturated carbocycles. The van der Waals surface area contributed by atoms with E-state index in [-0.39, 0.29) is 6.61 Å². The van der Waals surface area contributed by atoms with Gasteiger partial charge in [0.2, 0.25) is 0 Å². The number of anilines is 1. The molecule has 0 aliphatic carbocycles. The van der Waals surface area contributed by atoms with Gasteiger partial charge >= 0.3 is 0 Å². The fourth-order valence-electron chi connectivity index (χ4n) is 1.35. The van der Waals surface area contributed by atoms with E-state index in [1.165, 1.54) is 0 Å². The number of hydrogen-bond donors (Lipinski definition) is 2. The molecule has 1 rings (SSSR count). The number of ether oxygens (including phenoxy) is 1. The van der Waals surface area contributed by atoms with Crippen LogP contribution in [0.5, 0.6) is 0 Å². The largest absolute Gasteiger partial charge is 0.394 e. The molecular formula is C12H20N2O3. The van der Waals surface area contributed by atoms with Gasteiger partial charge in [0, 0.05) is 19.8 Å². The Morgan fingerprint density at radius 2 is 2.18 bits per heavy atom. The molecule has 2 N–H and O–H groups in total. The van der Waals surface area contributed by atoms with Gasteiger partial charge in [-0.1, -0.05) is 6.07 Å². The topological polar surface area (TPSA) is 65.8 Å². The predicted molar refractivity (Wildman–Crippen MR) is 66.0 cm³/mol. The summed E-state index contributed by atoms with van der Waals surface area (Å²) in [6.07, 6.45) is 1.18. The molecule has 0 amide bonds. The first-order valence-corrected chi connectivity index (χ1v) is 5.69. The van der Waals surface area contributed by atoms with E-state index in [2.05, 4.69) is 4.98 Å².